The van der Waals surface area contributed by atoms with Crippen LogP contribution < -0.4 is 11.7 Å². The number of rotatable bonds is 7. The maximum atomic E-state index is 13.2. The Morgan fingerprint density at radius 3 is 2.22 bits per heavy atom. The number of hydrazine groups is 2. The summed E-state index contributed by atoms with van der Waals surface area (Å²) in [5.41, 5.74) is 2.34. The lowest BCUT2D eigenvalue weighted by molar-refractivity contribution is -0.139. The number of hydrogen-bond acceptors (Lipinski definition) is 6. The molecule has 1 saturated carbocycles. The van der Waals surface area contributed by atoms with Crippen molar-refractivity contribution in [2.45, 2.75) is 56.5 Å². The molecule has 2 aromatic carbocycles. The zero-order valence-corrected chi connectivity index (χ0v) is 21.1. The molecular formula is C25H31FN6O3S. The number of nitrogens with two attached hydrogens (primary N) is 2. The van der Waals surface area contributed by atoms with Crippen LogP contribution in [0.4, 0.5) is 4.39 Å². The fraction of sp³-hybridized carbons (Fsp3) is 0.360. The zero-order valence-electron chi connectivity index (χ0n) is 20.3. The Kier molecular flexibility index (Phi) is 7.55. The van der Waals surface area contributed by atoms with Crippen molar-refractivity contribution in [2.75, 3.05) is 0 Å². The van der Waals surface area contributed by atoms with Gasteiger partial charge in [-0.25, -0.2) is 23.6 Å². The van der Waals surface area contributed by atoms with E-state index in [-0.39, 0.29) is 22.5 Å². The first-order chi connectivity index (χ1) is 17.1. The van der Waals surface area contributed by atoms with E-state index in [0.717, 1.165) is 21.2 Å². The van der Waals surface area contributed by atoms with Crippen molar-refractivity contribution in [1.82, 2.24) is 19.4 Å². The van der Waals surface area contributed by atoms with Crippen molar-refractivity contribution in [3.05, 3.63) is 71.8 Å². The fourth-order valence-electron chi connectivity index (χ4n) is 4.55. The number of aromatic nitrogens is 2. The van der Waals surface area contributed by atoms with Crippen LogP contribution in [-0.2, 0) is 14.8 Å². The number of carbonyl (C=O) groups is 1. The van der Waals surface area contributed by atoms with Gasteiger partial charge in [-0.1, -0.05) is 12.1 Å². The number of nitrogens with one attached hydrogen (secondary N) is 1. The van der Waals surface area contributed by atoms with Crippen LogP contribution in [0.2, 0.25) is 0 Å². The second-order valence-electron chi connectivity index (χ2n) is 9.23. The molecule has 1 heterocycles. The van der Waals surface area contributed by atoms with E-state index < -0.39 is 22.1 Å². The molecule has 36 heavy (non-hydrogen) atoms. The summed E-state index contributed by atoms with van der Waals surface area (Å²) in [7, 11) is -3.91. The van der Waals surface area contributed by atoms with Gasteiger partial charge in [-0.05, 0) is 81.5 Å². The highest BCUT2D eigenvalue weighted by molar-refractivity contribution is 7.89. The van der Waals surface area contributed by atoms with E-state index in [1.807, 2.05) is 6.92 Å². The molecule has 0 saturated heterocycles. The third-order valence-corrected chi connectivity index (χ3v) is 8.56. The summed E-state index contributed by atoms with van der Waals surface area (Å²) in [5.74, 6) is 12.0. The lowest BCUT2D eigenvalue weighted by atomic mass is 9.85. The normalized spacial score (nSPS) is 19.3. The number of imidazole rings is 1. The lowest BCUT2D eigenvalue weighted by Gasteiger charge is -2.35. The molecule has 0 unspecified atom stereocenters. The summed E-state index contributed by atoms with van der Waals surface area (Å²) in [4.78, 5) is 20.5. The van der Waals surface area contributed by atoms with Crippen molar-refractivity contribution in [1.29, 1.82) is 0 Å². The van der Waals surface area contributed by atoms with Gasteiger partial charge >= 0.3 is 0 Å². The standard InChI is InChI=1S/C25H31FN6O3S/c1-16-15-29-24(30-16)19-7-13-23(14-8-19)36(34,35)32(28)22-11-5-20(6-12-22)25(33)31(27)17(2)18-3-9-21(26)10-4-18/h3-4,7-10,13-15,17,20,22H,5-6,11-12,27-28H2,1-2H3,(H,29,30)/t17-,20-,22-/m1/s1. The van der Waals surface area contributed by atoms with Gasteiger partial charge < -0.3 is 4.98 Å². The summed E-state index contributed by atoms with van der Waals surface area (Å²) in [6.07, 6.45) is 3.58. The summed E-state index contributed by atoms with van der Waals surface area (Å²) < 4.78 is 40.4. The van der Waals surface area contributed by atoms with Crippen LogP contribution in [0.25, 0.3) is 11.4 Å². The molecule has 5 N–H and O–H groups in total. The first-order valence-corrected chi connectivity index (χ1v) is 13.3. The number of hydrogen-bond donors (Lipinski definition) is 3. The molecule has 1 amide bonds. The molecule has 4 rings (SSSR count). The highest BCUT2D eigenvalue weighted by atomic mass is 32.2. The van der Waals surface area contributed by atoms with Crippen LogP contribution in [0.3, 0.4) is 0 Å². The van der Waals surface area contributed by atoms with E-state index in [1.165, 1.54) is 29.3 Å². The Balaban J connectivity index is 1.37. The van der Waals surface area contributed by atoms with Gasteiger partial charge in [0.15, 0.2) is 0 Å². The van der Waals surface area contributed by atoms with E-state index >= 15 is 0 Å². The third-order valence-electron chi connectivity index (χ3n) is 6.84. The molecule has 0 bridgehead atoms. The number of H-pyrrole nitrogens is 1. The minimum absolute atomic E-state index is 0.0940. The fourth-order valence-corrected chi connectivity index (χ4v) is 5.87. The minimum Gasteiger partial charge on any atom is -0.344 e. The topological polar surface area (TPSA) is 138 Å². The Morgan fingerprint density at radius 2 is 1.67 bits per heavy atom. The summed E-state index contributed by atoms with van der Waals surface area (Å²) in [5, 5.41) is 1.18. The number of aryl methyl sites for hydroxylation is 1. The molecule has 1 fully saturated rings. The predicted octanol–water partition coefficient (Wildman–Crippen LogP) is 3.41. The van der Waals surface area contributed by atoms with Gasteiger partial charge in [0, 0.05) is 23.7 Å². The second-order valence-corrected chi connectivity index (χ2v) is 11.1. The molecule has 1 aliphatic carbocycles. The van der Waals surface area contributed by atoms with Crippen LogP contribution in [0, 0.1) is 18.7 Å². The van der Waals surface area contributed by atoms with Crippen molar-refractivity contribution in [3.63, 3.8) is 0 Å². The van der Waals surface area contributed by atoms with Crippen LogP contribution in [0.5, 0.6) is 0 Å². The number of halogens is 1. The Bertz CT molecular complexity index is 1300. The van der Waals surface area contributed by atoms with Crippen molar-refractivity contribution in [2.24, 2.45) is 17.6 Å². The quantitative estimate of drug-likeness (QED) is 0.251. The SMILES string of the molecule is Cc1c[nH]c(-c2ccc(S(=O)(=O)N(N)[C@H]3CC[C@H](C(=O)N(N)[C@H](C)c4ccc(F)cc4)CC3)cc2)n1. The van der Waals surface area contributed by atoms with E-state index in [4.69, 9.17) is 11.7 Å². The minimum atomic E-state index is -3.91. The highest BCUT2D eigenvalue weighted by Crippen LogP contribution is 2.32. The average Bonchev–Trinajstić information content (AvgIpc) is 3.33. The van der Waals surface area contributed by atoms with Crippen molar-refractivity contribution >= 4 is 15.9 Å². The number of sulfonamides is 1. The monoisotopic (exact) mass is 514 g/mol. The van der Waals surface area contributed by atoms with E-state index in [1.54, 1.807) is 37.4 Å². The van der Waals surface area contributed by atoms with E-state index in [9.17, 15) is 17.6 Å². The Morgan fingerprint density at radius 1 is 1.06 bits per heavy atom. The molecule has 192 valence electrons. The summed E-state index contributed by atoms with van der Waals surface area (Å²) >= 11 is 0. The van der Waals surface area contributed by atoms with Gasteiger partial charge in [-0.3, -0.25) is 15.6 Å². The Hall–Kier alpha value is -3.12. The zero-order chi connectivity index (χ0) is 26.0. The van der Waals surface area contributed by atoms with Gasteiger partial charge in [0.05, 0.1) is 16.6 Å². The van der Waals surface area contributed by atoms with Crippen LogP contribution in [-0.4, -0.2) is 39.8 Å². The van der Waals surface area contributed by atoms with Gasteiger partial charge in [0.1, 0.15) is 11.6 Å². The molecule has 1 aromatic heterocycles. The Labute approximate surface area is 210 Å². The second kappa shape index (κ2) is 10.5. The average molecular weight is 515 g/mol. The molecule has 9 nitrogen and oxygen atoms in total. The molecular weight excluding hydrogens is 483 g/mol. The van der Waals surface area contributed by atoms with Crippen LogP contribution in [0.1, 0.15) is 49.9 Å². The first-order valence-electron chi connectivity index (χ1n) is 11.8. The van der Waals surface area contributed by atoms with E-state index in [0.29, 0.717) is 31.5 Å². The van der Waals surface area contributed by atoms with Crippen LogP contribution >= 0.6 is 0 Å². The summed E-state index contributed by atoms with van der Waals surface area (Å²) in [6.45, 7) is 3.65. The van der Waals surface area contributed by atoms with Crippen LogP contribution in [0.15, 0.2) is 59.6 Å². The number of carbonyl (C=O) groups excluding carboxylic acids is 1. The number of aromatic amines is 1. The lowest BCUT2D eigenvalue weighted by Crippen LogP contribution is -2.49. The van der Waals surface area contributed by atoms with Crippen molar-refractivity contribution in [3.8, 4) is 11.4 Å². The predicted molar refractivity (Wildman–Crippen MR) is 134 cm³/mol. The molecule has 0 aliphatic heterocycles. The molecule has 0 radical (unpaired) electrons. The molecule has 0 spiro atoms. The highest BCUT2D eigenvalue weighted by Gasteiger charge is 2.36. The summed E-state index contributed by atoms with van der Waals surface area (Å²) in [6, 6.07) is 11.4. The van der Waals surface area contributed by atoms with Gasteiger partial charge in [0.25, 0.3) is 10.0 Å². The maximum absolute atomic E-state index is 13.2. The van der Waals surface area contributed by atoms with Crippen molar-refractivity contribution < 1.29 is 17.6 Å². The molecule has 11 heteroatoms. The van der Waals surface area contributed by atoms with E-state index in [2.05, 4.69) is 9.97 Å². The largest absolute Gasteiger partial charge is 0.344 e. The van der Waals surface area contributed by atoms with Gasteiger partial charge in [-0.2, -0.15) is 0 Å². The third kappa shape index (κ3) is 5.34. The molecule has 3 aromatic rings. The van der Waals surface area contributed by atoms with Gasteiger partial charge in [-0.15, -0.1) is 4.41 Å². The number of benzene rings is 2. The smallest absolute Gasteiger partial charge is 0.255 e. The molecule has 1 aliphatic rings. The maximum Gasteiger partial charge on any atom is 0.255 e. The molecule has 1 atom stereocenters. The first kappa shape index (κ1) is 26.0. The number of amides is 1. The van der Waals surface area contributed by atoms with Gasteiger partial charge in [0.2, 0.25) is 5.91 Å². The number of nitrogens with zero attached hydrogens (tertiary/aromatic N) is 3.